The van der Waals surface area contributed by atoms with Gasteiger partial charge in [-0.2, -0.15) is 5.10 Å². The van der Waals surface area contributed by atoms with Gasteiger partial charge in [-0.05, 0) is 6.92 Å². The van der Waals surface area contributed by atoms with Crippen LogP contribution in [-0.2, 0) is 22.7 Å². The molecule has 1 aromatic heterocycles. The maximum absolute atomic E-state index is 13.5. The van der Waals surface area contributed by atoms with Gasteiger partial charge in [0.1, 0.15) is 0 Å². The van der Waals surface area contributed by atoms with E-state index in [1.807, 2.05) is 0 Å². The van der Waals surface area contributed by atoms with Gasteiger partial charge in [0.15, 0.2) is 17.5 Å². The molecule has 2 atom stereocenters. The minimum Gasteiger partial charge on any atom is -0.389 e. The van der Waals surface area contributed by atoms with Gasteiger partial charge in [0.25, 0.3) is 0 Å². The molecule has 35 heavy (non-hydrogen) atoms. The van der Waals surface area contributed by atoms with Crippen molar-refractivity contribution in [2.45, 2.75) is 38.6 Å². The molecule has 2 saturated heterocycles. The lowest BCUT2D eigenvalue weighted by molar-refractivity contribution is -0.145. The highest BCUT2D eigenvalue weighted by atomic mass is 19.2. The van der Waals surface area contributed by atoms with Crippen LogP contribution in [0.25, 0.3) is 0 Å². The lowest BCUT2D eigenvalue weighted by Gasteiger charge is -2.37. The highest BCUT2D eigenvalue weighted by molar-refractivity contribution is 6.01. The fourth-order valence-corrected chi connectivity index (χ4v) is 4.71. The summed E-state index contributed by atoms with van der Waals surface area (Å²) in [7, 11) is 0. The number of hydrogen-bond acceptors (Lipinski definition) is 5. The molecule has 3 aliphatic heterocycles. The van der Waals surface area contributed by atoms with Crippen molar-refractivity contribution in [2.75, 3.05) is 29.9 Å². The molecule has 0 saturated carbocycles. The number of amides is 4. The smallest absolute Gasteiger partial charge is 0.322 e. The zero-order valence-electron chi connectivity index (χ0n) is 18.7. The Bertz CT molecular complexity index is 1190. The Labute approximate surface area is 197 Å². The number of aromatic nitrogens is 2. The van der Waals surface area contributed by atoms with Gasteiger partial charge in [-0.1, -0.05) is 0 Å². The van der Waals surface area contributed by atoms with Crippen molar-refractivity contribution < 1.29 is 32.7 Å². The molecule has 0 spiro atoms. The van der Waals surface area contributed by atoms with Crippen molar-refractivity contribution in [3.8, 4) is 0 Å². The van der Waals surface area contributed by atoms with Crippen LogP contribution in [0, 0.1) is 23.4 Å². The minimum absolute atomic E-state index is 0.0400. The van der Waals surface area contributed by atoms with Crippen molar-refractivity contribution in [2.24, 2.45) is 5.92 Å². The van der Waals surface area contributed by atoms with Crippen LogP contribution in [0.3, 0.4) is 0 Å². The van der Waals surface area contributed by atoms with E-state index in [2.05, 4.69) is 10.4 Å². The summed E-state index contributed by atoms with van der Waals surface area (Å²) in [5.41, 5.74) is 0.832. The fourth-order valence-electron chi connectivity index (χ4n) is 4.71. The van der Waals surface area contributed by atoms with Crippen LogP contribution in [0.2, 0.25) is 0 Å². The summed E-state index contributed by atoms with van der Waals surface area (Å²) in [6.07, 6.45) is 1.03. The first kappa shape index (κ1) is 23.1. The number of carbonyl (C=O) groups excluding carboxylic acids is 3. The normalized spacial score (nSPS) is 22.3. The summed E-state index contributed by atoms with van der Waals surface area (Å²) >= 11 is 0. The van der Waals surface area contributed by atoms with Crippen LogP contribution in [0.4, 0.5) is 29.3 Å². The first-order valence-corrected chi connectivity index (χ1v) is 11.2. The number of fused-ring (bicyclic) bond motifs is 1. The molecule has 0 bridgehead atoms. The summed E-state index contributed by atoms with van der Waals surface area (Å²) in [5, 5.41) is 16.2. The van der Waals surface area contributed by atoms with Gasteiger partial charge >= 0.3 is 6.03 Å². The van der Waals surface area contributed by atoms with E-state index < -0.39 is 35.5 Å². The lowest BCUT2D eigenvalue weighted by atomic mass is 10.0. The van der Waals surface area contributed by atoms with Crippen LogP contribution in [0.15, 0.2) is 18.3 Å². The molecule has 186 valence electrons. The molecule has 1 unspecified atom stereocenters. The largest absolute Gasteiger partial charge is 0.389 e. The van der Waals surface area contributed by atoms with E-state index in [0.29, 0.717) is 30.1 Å². The summed E-state index contributed by atoms with van der Waals surface area (Å²) in [6, 6.07) is 0.389. The van der Waals surface area contributed by atoms with E-state index in [9.17, 15) is 32.7 Å². The summed E-state index contributed by atoms with van der Waals surface area (Å²) < 4.78 is 42.0. The number of benzene rings is 1. The third-order valence-corrected chi connectivity index (χ3v) is 6.65. The Balaban J connectivity index is 1.32. The van der Waals surface area contributed by atoms with E-state index in [0.717, 1.165) is 0 Å². The summed E-state index contributed by atoms with van der Waals surface area (Å²) in [6.45, 7) is 2.82. The molecule has 0 radical (unpaired) electrons. The molecule has 4 heterocycles. The van der Waals surface area contributed by atoms with Gasteiger partial charge in [-0.25, -0.2) is 18.0 Å². The van der Waals surface area contributed by atoms with Crippen molar-refractivity contribution >= 4 is 29.2 Å². The molecule has 2 N–H and O–H groups in total. The van der Waals surface area contributed by atoms with E-state index in [1.54, 1.807) is 11.6 Å². The number of carbonyl (C=O) groups is 3. The van der Waals surface area contributed by atoms with Gasteiger partial charge in [0.05, 0.1) is 48.7 Å². The molecular weight excluding hydrogens is 469 g/mol. The van der Waals surface area contributed by atoms with Gasteiger partial charge in [-0.3, -0.25) is 14.3 Å². The number of halogens is 3. The number of rotatable bonds is 3. The zero-order chi connectivity index (χ0) is 25.0. The Kier molecular flexibility index (Phi) is 5.66. The second kappa shape index (κ2) is 8.56. The Morgan fingerprint density at radius 3 is 2.46 bits per heavy atom. The molecule has 0 aliphatic carbocycles. The number of urea groups is 1. The predicted molar refractivity (Wildman–Crippen MR) is 116 cm³/mol. The number of hydrogen-bond donors (Lipinski definition) is 2. The SMILES string of the molecule is C[C@H]1Cn2ncc(N3CC(C(=O)N4CC(O)C4)CC3=O)c2CN1C(=O)Nc1cc(F)c(F)c(F)c1. The molecule has 3 aliphatic rings. The second-order valence-electron chi connectivity index (χ2n) is 9.12. The highest BCUT2D eigenvalue weighted by Gasteiger charge is 2.42. The molecule has 1 aromatic carbocycles. The topological polar surface area (TPSA) is 111 Å². The lowest BCUT2D eigenvalue weighted by Crippen LogP contribution is -2.55. The number of nitrogens with zero attached hydrogens (tertiary/aromatic N) is 5. The van der Waals surface area contributed by atoms with Gasteiger partial charge in [0, 0.05) is 43.9 Å². The number of β-amino-alcohol motifs (C(OH)–C–C–N with tert-alkyl or cyclic N) is 1. The van der Waals surface area contributed by atoms with Gasteiger partial charge in [0.2, 0.25) is 11.8 Å². The highest BCUT2D eigenvalue weighted by Crippen LogP contribution is 2.33. The zero-order valence-corrected chi connectivity index (χ0v) is 18.7. The number of aliphatic hydroxyl groups is 1. The average Bonchev–Trinajstić information content (AvgIpc) is 3.36. The molecule has 4 amide bonds. The minimum atomic E-state index is -1.62. The average molecular weight is 492 g/mol. The maximum atomic E-state index is 13.5. The molecule has 10 nitrogen and oxygen atoms in total. The van der Waals surface area contributed by atoms with Gasteiger partial charge in [-0.15, -0.1) is 0 Å². The Morgan fingerprint density at radius 2 is 1.80 bits per heavy atom. The number of aliphatic hydroxyl groups excluding tert-OH is 1. The van der Waals surface area contributed by atoms with E-state index >= 15 is 0 Å². The monoisotopic (exact) mass is 492 g/mol. The molecule has 5 rings (SSSR count). The quantitative estimate of drug-likeness (QED) is 0.628. The first-order chi connectivity index (χ1) is 16.6. The fraction of sp³-hybridized carbons (Fsp3) is 0.455. The maximum Gasteiger partial charge on any atom is 0.322 e. The van der Waals surface area contributed by atoms with E-state index in [-0.39, 0.29) is 56.1 Å². The van der Waals surface area contributed by atoms with Crippen LogP contribution in [0.1, 0.15) is 19.0 Å². The second-order valence-corrected chi connectivity index (χ2v) is 9.12. The van der Waals surface area contributed by atoms with E-state index in [1.165, 1.54) is 20.9 Å². The van der Waals surface area contributed by atoms with Crippen molar-refractivity contribution in [1.82, 2.24) is 19.6 Å². The number of nitrogens with one attached hydrogen (secondary N) is 1. The van der Waals surface area contributed by atoms with Gasteiger partial charge < -0.3 is 25.1 Å². The van der Waals surface area contributed by atoms with Crippen LogP contribution >= 0.6 is 0 Å². The molecule has 2 aromatic rings. The van der Waals surface area contributed by atoms with Crippen LogP contribution in [0.5, 0.6) is 0 Å². The Morgan fingerprint density at radius 1 is 1.11 bits per heavy atom. The molecular formula is C22H23F3N6O4. The van der Waals surface area contributed by atoms with Crippen molar-refractivity contribution in [3.05, 3.63) is 41.5 Å². The standard InChI is InChI=1S/C22H23F3N6O4/c1-11-6-31-18(10-29(11)22(35)27-13-3-15(23)20(25)16(24)4-13)17(5-26-31)30-7-12(2-19(30)33)21(34)28-8-14(32)9-28/h3-5,11-12,14,32H,2,6-10H2,1H3,(H,27,35)/t11-,12?/m0/s1. The Hall–Kier alpha value is -3.61. The van der Waals surface area contributed by atoms with Crippen LogP contribution < -0.4 is 10.2 Å². The number of likely N-dealkylation sites (tertiary alicyclic amines) is 1. The molecule has 13 heteroatoms. The predicted octanol–water partition coefficient (Wildman–Crippen LogP) is 1.29. The third kappa shape index (κ3) is 4.09. The third-order valence-electron chi connectivity index (χ3n) is 6.65. The van der Waals surface area contributed by atoms with Crippen LogP contribution in [-0.4, -0.2) is 74.3 Å². The van der Waals surface area contributed by atoms with Crippen molar-refractivity contribution in [3.63, 3.8) is 0 Å². The number of anilines is 2. The summed E-state index contributed by atoms with van der Waals surface area (Å²) in [4.78, 5) is 42.7. The molecule has 2 fully saturated rings. The first-order valence-electron chi connectivity index (χ1n) is 11.2. The van der Waals surface area contributed by atoms with E-state index in [4.69, 9.17) is 0 Å². The summed E-state index contributed by atoms with van der Waals surface area (Å²) in [5.74, 6) is -5.42. The van der Waals surface area contributed by atoms with Crippen molar-refractivity contribution in [1.29, 1.82) is 0 Å².